The lowest BCUT2D eigenvalue weighted by atomic mass is 9.90. The maximum atomic E-state index is 9.15. The number of aliphatic hydroxyl groups excluding tert-OH is 1. The van der Waals surface area contributed by atoms with Gasteiger partial charge < -0.3 is 20.1 Å². The molecule has 0 saturated carbocycles. The van der Waals surface area contributed by atoms with Crippen LogP contribution in [0.2, 0.25) is 0 Å². The number of aliphatic hydroxyl groups is 1. The molecule has 5 rings (SSSR count). The molecule has 1 aliphatic heterocycles. The number of fused-ring (bicyclic) bond motifs is 5. The van der Waals surface area contributed by atoms with Crippen molar-refractivity contribution in [2.45, 2.75) is 25.7 Å². The first kappa shape index (κ1) is 17.1. The number of aromatic nitrogens is 3. The van der Waals surface area contributed by atoms with Crippen molar-refractivity contribution in [1.29, 1.82) is 0 Å². The predicted molar refractivity (Wildman–Crippen MR) is 108 cm³/mol. The molecule has 1 saturated heterocycles. The highest BCUT2D eigenvalue weighted by atomic mass is 32.1. The van der Waals surface area contributed by atoms with Crippen LogP contribution >= 0.6 is 11.3 Å². The SMILES string of the molecule is OCCNc1ncnc2c1sc1nc(N3CCOCC3)c3c(c12)CCCC3. The minimum atomic E-state index is 0.0746. The molecule has 0 radical (unpaired) electrons. The summed E-state index contributed by atoms with van der Waals surface area (Å²) in [6.07, 6.45) is 6.22. The van der Waals surface area contributed by atoms with Gasteiger partial charge in [-0.3, -0.25) is 0 Å². The van der Waals surface area contributed by atoms with Gasteiger partial charge in [-0.05, 0) is 36.8 Å². The Kier molecular flexibility index (Phi) is 4.55. The molecule has 3 aromatic heterocycles. The van der Waals surface area contributed by atoms with E-state index in [1.807, 2.05) is 0 Å². The Balaban J connectivity index is 1.73. The van der Waals surface area contributed by atoms with E-state index in [-0.39, 0.29) is 6.61 Å². The molecule has 0 unspecified atom stereocenters. The Morgan fingerprint density at radius 2 is 1.96 bits per heavy atom. The highest BCUT2D eigenvalue weighted by molar-refractivity contribution is 7.26. The molecule has 0 bridgehead atoms. The molecule has 0 aromatic carbocycles. The third kappa shape index (κ3) is 2.92. The summed E-state index contributed by atoms with van der Waals surface area (Å²) in [7, 11) is 0. The van der Waals surface area contributed by atoms with Gasteiger partial charge in [-0.1, -0.05) is 0 Å². The van der Waals surface area contributed by atoms with Crippen LogP contribution in [0.25, 0.3) is 20.4 Å². The van der Waals surface area contributed by atoms with Gasteiger partial charge in [0.2, 0.25) is 0 Å². The number of aryl methyl sites for hydroxylation is 1. The molecule has 4 heterocycles. The number of morpholine rings is 1. The van der Waals surface area contributed by atoms with Crippen LogP contribution in [0.4, 0.5) is 11.6 Å². The number of nitrogens with zero attached hydrogens (tertiary/aromatic N) is 4. The maximum Gasteiger partial charge on any atom is 0.147 e. The van der Waals surface area contributed by atoms with Crippen molar-refractivity contribution in [3.63, 3.8) is 0 Å². The summed E-state index contributed by atoms with van der Waals surface area (Å²) in [5, 5.41) is 13.6. The average Bonchev–Trinajstić information content (AvgIpc) is 3.11. The van der Waals surface area contributed by atoms with Crippen LogP contribution in [0, 0.1) is 0 Å². The zero-order chi connectivity index (χ0) is 18.2. The van der Waals surface area contributed by atoms with Gasteiger partial charge in [0.15, 0.2) is 0 Å². The molecule has 27 heavy (non-hydrogen) atoms. The van der Waals surface area contributed by atoms with E-state index in [1.165, 1.54) is 29.4 Å². The van der Waals surface area contributed by atoms with Crippen LogP contribution in [0.15, 0.2) is 6.33 Å². The van der Waals surface area contributed by atoms with E-state index in [0.29, 0.717) is 6.54 Å². The van der Waals surface area contributed by atoms with E-state index in [9.17, 15) is 0 Å². The second-order valence-electron chi connectivity index (χ2n) is 7.03. The summed E-state index contributed by atoms with van der Waals surface area (Å²) in [6, 6.07) is 0. The molecule has 2 N–H and O–H groups in total. The number of rotatable bonds is 4. The second kappa shape index (κ2) is 7.18. The van der Waals surface area contributed by atoms with Crippen molar-refractivity contribution in [3.05, 3.63) is 17.5 Å². The van der Waals surface area contributed by atoms with E-state index in [2.05, 4.69) is 20.2 Å². The van der Waals surface area contributed by atoms with E-state index < -0.39 is 0 Å². The molecule has 1 fully saturated rings. The molecular formula is C19H23N5O2S. The molecule has 0 atom stereocenters. The van der Waals surface area contributed by atoms with Gasteiger partial charge in [-0.15, -0.1) is 11.3 Å². The number of hydrogen-bond donors (Lipinski definition) is 2. The summed E-state index contributed by atoms with van der Waals surface area (Å²) >= 11 is 1.65. The van der Waals surface area contributed by atoms with Gasteiger partial charge in [-0.25, -0.2) is 15.0 Å². The normalized spacial score (nSPS) is 17.4. The zero-order valence-corrected chi connectivity index (χ0v) is 16.0. The van der Waals surface area contributed by atoms with E-state index in [1.54, 1.807) is 17.7 Å². The summed E-state index contributed by atoms with van der Waals surface area (Å²) in [5.74, 6) is 1.93. The predicted octanol–water partition coefficient (Wildman–Crippen LogP) is 2.36. The van der Waals surface area contributed by atoms with E-state index in [0.717, 1.165) is 65.8 Å². The second-order valence-corrected chi connectivity index (χ2v) is 8.03. The zero-order valence-electron chi connectivity index (χ0n) is 15.2. The van der Waals surface area contributed by atoms with Gasteiger partial charge >= 0.3 is 0 Å². The summed E-state index contributed by atoms with van der Waals surface area (Å²) in [4.78, 5) is 17.5. The van der Waals surface area contributed by atoms with Crippen LogP contribution in [0.5, 0.6) is 0 Å². The first-order valence-corrected chi connectivity index (χ1v) is 10.4. The van der Waals surface area contributed by atoms with Crippen molar-refractivity contribution in [2.24, 2.45) is 0 Å². The van der Waals surface area contributed by atoms with Gasteiger partial charge in [0, 0.05) is 25.0 Å². The Hall–Kier alpha value is -2.03. The Morgan fingerprint density at radius 1 is 1.15 bits per heavy atom. The Labute approximate surface area is 161 Å². The van der Waals surface area contributed by atoms with Gasteiger partial charge in [0.1, 0.15) is 22.8 Å². The highest BCUT2D eigenvalue weighted by Crippen LogP contribution is 2.42. The molecule has 0 spiro atoms. The van der Waals surface area contributed by atoms with Crippen LogP contribution in [0.3, 0.4) is 0 Å². The fraction of sp³-hybridized carbons (Fsp3) is 0.526. The quantitative estimate of drug-likeness (QED) is 0.713. The summed E-state index contributed by atoms with van der Waals surface area (Å²) in [5.41, 5.74) is 3.81. The molecule has 0 amide bonds. The monoisotopic (exact) mass is 385 g/mol. The van der Waals surface area contributed by atoms with Crippen LogP contribution in [0.1, 0.15) is 24.0 Å². The molecule has 3 aromatic rings. The number of ether oxygens (including phenoxy) is 1. The van der Waals surface area contributed by atoms with Crippen molar-refractivity contribution in [1.82, 2.24) is 15.0 Å². The van der Waals surface area contributed by atoms with Gasteiger partial charge in [0.25, 0.3) is 0 Å². The lowest BCUT2D eigenvalue weighted by Crippen LogP contribution is -2.37. The van der Waals surface area contributed by atoms with Crippen molar-refractivity contribution < 1.29 is 9.84 Å². The molecule has 8 heteroatoms. The Bertz CT molecular complexity index is 983. The topological polar surface area (TPSA) is 83.4 Å². The number of hydrogen-bond acceptors (Lipinski definition) is 8. The lowest BCUT2D eigenvalue weighted by molar-refractivity contribution is 0.122. The third-order valence-corrected chi connectivity index (χ3v) is 6.49. The van der Waals surface area contributed by atoms with E-state index in [4.69, 9.17) is 14.8 Å². The number of thiophene rings is 1. The third-order valence-electron chi connectivity index (χ3n) is 5.42. The highest BCUT2D eigenvalue weighted by Gasteiger charge is 2.26. The van der Waals surface area contributed by atoms with Crippen LogP contribution in [-0.4, -0.2) is 59.5 Å². The molecule has 142 valence electrons. The molecule has 2 aliphatic rings. The largest absolute Gasteiger partial charge is 0.395 e. The number of anilines is 2. The number of pyridine rings is 1. The van der Waals surface area contributed by atoms with Crippen molar-refractivity contribution in [3.8, 4) is 0 Å². The van der Waals surface area contributed by atoms with E-state index >= 15 is 0 Å². The van der Waals surface area contributed by atoms with Gasteiger partial charge in [0.05, 0.1) is 30.0 Å². The van der Waals surface area contributed by atoms with Crippen molar-refractivity contribution >= 4 is 43.4 Å². The molecular weight excluding hydrogens is 362 g/mol. The maximum absolute atomic E-state index is 9.15. The lowest BCUT2D eigenvalue weighted by Gasteiger charge is -2.31. The molecule has 1 aliphatic carbocycles. The summed E-state index contributed by atoms with van der Waals surface area (Å²) in [6.45, 7) is 3.89. The van der Waals surface area contributed by atoms with Crippen LogP contribution < -0.4 is 10.2 Å². The average molecular weight is 385 g/mol. The minimum absolute atomic E-state index is 0.0746. The number of nitrogens with one attached hydrogen (secondary N) is 1. The standard InChI is InChI=1S/C19H23N5O2S/c25-8-5-20-17-16-15(21-11-22-17)14-12-3-1-2-4-13(12)18(23-19(14)27-16)24-6-9-26-10-7-24/h11,25H,1-10H2,(H,20,21,22). The first-order chi connectivity index (χ1) is 13.4. The first-order valence-electron chi connectivity index (χ1n) is 9.63. The fourth-order valence-electron chi connectivity index (χ4n) is 4.18. The summed E-state index contributed by atoms with van der Waals surface area (Å²) < 4.78 is 6.57. The van der Waals surface area contributed by atoms with Gasteiger partial charge in [-0.2, -0.15) is 0 Å². The molecule has 7 nitrogen and oxygen atoms in total. The fourth-order valence-corrected chi connectivity index (χ4v) is 5.30. The smallest absolute Gasteiger partial charge is 0.147 e. The minimum Gasteiger partial charge on any atom is -0.395 e. The van der Waals surface area contributed by atoms with Crippen molar-refractivity contribution in [2.75, 3.05) is 49.7 Å². The Morgan fingerprint density at radius 3 is 2.78 bits per heavy atom. The van der Waals surface area contributed by atoms with Crippen LogP contribution in [-0.2, 0) is 17.6 Å².